The number of carbonyl (C=O) groups is 1. The van der Waals surface area contributed by atoms with Gasteiger partial charge in [0.15, 0.2) is 6.61 Å². The molecule has 0 atom stereocenters. The van der Waals surface area contributed by atoms with Gasteiger partial charge in [0.25, 0.3) is 0 Å². The quantitative estimate of drug-likeness (QED) is 0.339. The van der Waals surface area contributed by atoms with Crippen LogP contribution >= 0.6 is 27.7 Å². The van der Waals surface area contributed by atoms with E-state index in [-0.39, 0.29) is 12.2 Å². The molecule has 0 aliphatic carbocycles. The SMILES string of the molecule is O=C(OCC#CCSc1nnnn1-c1ccc(Br)cc1)c1ccccc1F. The maximum Gasteiger partial charge on any atom is 0.342 e. The molecule has 1 aromatic heterocycles. The molecule has 3 aromatic rings. The lowest BCUT2D eigenvalue weighted by Crippen LogP contribution is -2.07. The lowest BCUT2D eigenvalue weighted by Gasteiger charge is -2.02. The molecule has 3 rings (SSSR count). The molecule has 136 valence electrons. The fourth-order valence-corrected chi connectivity index (χ4v) is 2.95. The highest BCUT2D eigenvalue weighted by atomic mass is 79.9. The first kappa shape index (κ1) is 19.1. The molecule has 27 heavy (non-hydrogen) atoms. The number of benzene rings is 2. The zero-order valence-corrected chi connectivity index (χ0v) is 16.2. The van der Waals surface area contributed by atoms with Gasteiger partial charge in [-0.25, -0.2) is 9.18 Å². The summed E-state index contributed by atoms with van der Waals surface area (Å²) in [6, 6.07) is 13.2. The smallest absolute Gasteiger partial charge is 0.342 e. The van der Waals surface area contributed by atoms with Gasteiger partial charge in [-0.3, -0.25) is 0 Å². The molecule has 0 saturated heterocycles. The molecule has 1 heterocycles. The van der Waals surface area contributed by atoms with E-state index in [0.29, 0.717) is 10.9 Å². The van der Waals surface area contributed by atoms with E-state index in [4.69, 9.17) is 4.74 Å². The Morgan fingerprint density at radius 2 is 1.96 bits per heavy atom. The third-order valence-corrected chi connectivity index (χ3v) is 4.61. The molecule has 9 heteroatoms. The molecule has 0 aliphatic heterocycles. The van der Waals surface area contributed by atoms with Gasteiger partial charge in [-0.1, -0.05) is 51.7 Å². The van der Waals surface area contributed by atoms with E-state index < -0.39 is 11.8 Å². The molecule has 0 saturated carbocycles. The minimum Gasteiger partial charge on any atom is -0.449 e. The summed E-state index contributed by atoms with van der Waals surface area (Å²) in [6.45, 7) is -0.120. The number of hydrogen-bond acceptors (Lipinski definition) is 6. The van der Waals surface area contributed by atoms with Crippen molar-refractivity contribution < 1.29 is 13.9 Å². The fraction of sp³-hybridized carbons (Fsp3) is 0.111. The number of nitrogens with zero attached hydrogens (tertiary/aromatic N) is 4. The van der Waals surface area contributed by atoms with Crippen LogP contribution in [0.2, 0.25) is 0 Å². The van der Waals surface area contributed by atoms with Crippen LogP contribution in [0.25, 0.3) is 5.69 Å². The number of rotatable bonds is 5. The van der Waals surface area contributed by atoms with Crippen molar-refractivity contribution in [2.75, 3.05) is 12.4 Å². The lowest BCUT2D eigenvalue weighted by atomic mass is 10.2. The summed E-state index contributed by atoms with van der Waals surface area (Å²) < 4.78 is 21.0. The van der Waals surface area contributed by atoms with Gasteiger partial charge in [0, 0.05) is 4.47 Å². The Morgan fingerprint density at radius 1 is 1.19 bits per heavy atom. The molecule has 0 fully saturated rings. The van der Waals surface area contributed by atoms with Gasteiger partial charge in [0.2, 0.25) is 5.16 Å². The highest BCUT2D eigenvalue weighted by molar-refractivity contribution is 9.10. The van der Waals surface area contributed by atoms with E-state index in [1.165, 1.54) is 30.0 Å². The summed E-state index contributed by atoms with van der Waals surface area (Å²) in [7, 11) is 0. The molecule has 0 bridgehead atoms. The summed E-state index contributed by atoms with van der Waals surface area (Å²) in [5.74, 6) is 4.62. The molecule has 0 aliphatic rings. The van der Waals surface area contributed by atoms with E-state index in [0.717, 1.165) is 10.2 Å². The first-order chi connectivity index (χ1) is 13.1. The monoisotopic (exact) mass is 446 g/mol. The highest BCUT2D eigenvalue weighted by Crippen LogP contribution is 2.19. The average molecular weight is 447 g/mol. The summed E-state index contributed by atoms with van der Waals surface area (Å²) in [6.07, 6.45) is 0. The normalized spacial score (nSPS) is 10.1. The topological polar surface area (TPSA) is 69.9 Å². The van der Waals surface area contributed by atoms with Gasteiger partial charge in [0.1, 0.15) is 5.82 Å². The Bertz CT molecular complexity index is 998. The standard InChI is InChI=1S/C18H12BrFN4O2S/c19-13-7-9-14(10-8-13)24-18(21-22-23-24)27-12-4-3-11-26-17(25)15-5-1-2-6-16(15)20/h1-2,5-10H,11-12H2. The number of halogens is 2. The second-order valence-electron chi connectivity index (χ2n) is 5.05. The van der Waals surface area contributed by atoms with Gasteiger partial charge in [-0.15, -0.1) is 5.10 Å². The van der Waals surface area contributed by atoms with Crippen molar-refractivity contribution in [1.82, 2.24) is 20.2 Å². The number of hydrogen-bond donors (Lipinski definition) is 0. The third kappa shape index (κ3) is 5.15. The Kier molecular flexibility index (Phi) is 6.57. The van der Waals surface area contributed by atoms with Gasteiger partial charge in [-0.05, 0) is 46.8 Å². The van der Waals surface area contributed by atoms with Gasteiger partial charge >= 0.3 is 5.97 Å². The molecule has 6 nitrogen and oxygen atoms in total. The summed E-state index contributed by atoms with van der Waals surface area (Å²) >= 11 is 4.73. The van der Waals surface area contributed by atoms with Crippen LogP contribution in [-0.2, 0) is 4.74 Å². The van der Waals surface area contributed by atoms with E-state index in [9.17, 15) is 9.18 Å². The van der Waals surface area contributed by atoms with Crippen LogP contribution in [0.3, 0.4) is 0 Å². The second-order valence-corrected chi connectivity index (χ2v) is 6.91. The number of tetrazole rings is 1. The number of carbonyl (C=O) groups excluding carboxylic acids is 1. The predicted molar refractivity (Wildman–Crippen MR) is 102 cm³/mol. The molecule has 0 N–H and O–H groups in total. The van der Waals surface area contributed by atoms with E-state index in [2.05, 4.69) is 43.3 Å². The van der Waals surface area contributed by atoms with Crippen LogP contribution in [0.5, 0.6) is 0 Å². The minimum absolute atomic E-state index is 0.109. The molecule has 0 amide bonds. The van der Waals surface area contributed by atoms with Crippen molar-refractivity contribution in [2.45, 2.75) is 5.16 Å². The summed E-state index contributed by atoms with van der Waals surface area (Å²) in [4.78, 5) is 11.7. The average Bonchev–Trinajstić information content (AvgIpc) is 3.14. The third-order valence-electron chi connectivity index (χ3n) is 3.28. The molecule has 2 aromatic carbocycles. The van der Waals surface area contributed by atoms with Crippen molar-refractivity contribution in [3.05, 3.63) is 64.4 Å². The molecule has 0 radical (unpaired) electrons. The lowest BCUT2D eigenvalue weighted by molar-refractivity contribution is 0.0551. The Labute approximate surface area is 167 Å². The first-order valence-electron chi connectivity index (χ1n) is 7.69. The number of aromatic nitrogens is 4. The van der Waals surface area contributed by atoms with Gasteiger partial charge in [-0.2, -0.15) is 4.68 Å². The fourth-order valence-electron chi connectivity index (χ4n) is 2.02. The first-order valence-corrected chi connectivity index (χ1v) is 9.47. The van der Waals surface area contributed by atoms with Crippen LogP contribution in [0, 0.1) is 17.7 Å². The van der Waals surface area contributed by atoms with Crippen LogP contribution < -0.4 is 0 Å². The molecule has 0 unspecified atom stereocenters. The number of ether oxygens (including phenoxy) is 1. The second kappa shape index (κ2) is 9.30. The minimum atomic E-state index is -0.741. The van der Waals surface area contributed by atoms with Crippen LogP contribution in [0.15, 0.2) is 58.2 Å². The molecular formula is C18H12BrFN4O2S. The zero-order chi connectivity index (χ0) is 19.1. The van der Waals surface area contributed by atoms with Crippen molar-refractivity contribution in [3.63, 3.8) is 0 Å². The van der Waals surface area contributed by atoms with Crippen molar-refractivity contribution in [3.8, 4) is 17.5 Å². The molecule has 0 spiro atoms. The Hall–Kier alpha value is -2.70. The van der Waals surface area contributed by atoms with Gasteiger partial charge in [0.05, 0.1) is 17.0 Å². The van der Waals surface area contributed by atoms with Crippen molar-refractivity contribution in [2.24, 2.45) is 0 Å². The molecular weight excluding hydrogens is 435 g/mol. The van der Waals surface area contributed by atoms with Gasteiger partial charge < -0.3 is 4.74 Å². The maximum atomic E-state index is 13.5. The largest absolute Gasteiger partial charge is 0.449 e. The Balaban J connectivity index is 1.50. The zero-order valence-electron chi connectivity index (χ0n) is 13.8. The Morgan fingerprint density at radius 3 is 2.74 bits per heavy atom. The number of esters is 1. The van der Waals surface area contributed by atoms with Crippen molar-refractivity contribution in [1.29, 1.82) is 0 Å². The van der Waals surface area contributed by atoms with E-state index in [1.54, 1.807) is 10.7 Å². The van der Waals surface area contributed by atoms with Crippen LogP contribution in [0.4, 0.5) is 4.39 Å². The van der Waals surface area contributed by atoms with Crippen LogP contribution in [0.1, 0.15) is 10.4 Å². The van der Waals surface area contributed by atoms with Crippen molar-refractivity contribution >= 4 is 33.7 Å². The predicted octanol–water partition coefficient (Wildman–Crippen LogP) is 3.52. The van der Waals surface area contributed by atoms with Crippen LogP contribution in [-0.4, -0.2) is 38.5 Å². The highest BCUT2D eigenvalue weighted by Gasteiger charge is 2.11. The summed E-state index contributed by atoms with van der Waals surface area (Å²) in [5.41, 5.74) is 0.722. The van der Waals surface area contributed by atoms with E-state index >= 15 is 0 Å². The maximum absolute atomic E-state index is 13.5. The number of thioether (sulfide) groups is 1. The van der Waals surface area contributed by atoms with E-state index in [1.807, 2.05) is 24.3 Å². The summed E-state index contributed by atoms with van der Waals surface area (Å²) in [5, 5.41) is 12.2.